The molecule has 1 fully saturated rings. The number of carbonyl (C=O) groups is 1. The van der Waals surface area contributed by atoms with Gasteiger partial charge >= 0.3 is 11.8 Å². The number of carbonyl (C=O) groups excluding carboxylic acids is 1. The fraction of sp³-hybridized carbons (Fsp3) is 0.562. The second-order valence-electron chi connectivity index (χ2n) is 6.78. The number of nitro benzene ring substituents is 1. The lowest BCUT2D eigenvalue weighted by molar-refractivity contribution is -0.386. The molecule has 1 saturated heterocycles. The number of amides is 1. The predicted octanol–water partition coefficient (Wildman–Crippen LogP) is 3.90. The lowest BCUT2D eigenvalue weighted by atomic mass is 9.94. The minimum atomic E-state index is -1.07. The van der Waals surface area contributed by atoms with Crippen molar-refractivity contribution in [3.8, 4) is 5.75 Å². The Kier molecular flexibility index (Phi) is 4.96. The summed E-state index contributed by atoms with van der Waals surface area (Å²) in [7, 11) is 0. The van der Waals surface area contributed by atoms with Gasteiger partial charge in [-0.3, -0.25) is 10.1 Å². The van der Waals surface area contributed by atoms with Crippen LogP contribution in [0, 0.1) is 15.9 Å². The van der Waals surface area contributed by atoms with Crippen LogP contribution in [0.2, 0.25) is 0 Å². The van der Waals surface area contributed by atoms with E-state index in [1.54, 1.807) is 20.8 Å². The van der Waals surface area contributed by atoms with Gasteiger partial charge in [0.25, 0.3) is 0 Å². The van der Waals surface area contributed by atoms with Crippen molar-refractivity contribution in [1.29, 1.82) is 0 Å². The van der Waals surface area contributed by atoms with E-state index in [0.29, 0.717) is 13.0 Å². The van der Waals surface area contributed by atoms with Crippen molar-refractivity contribution in [2.45, 2.75) is 51.7 Å². The first-order chi connectivity index (χ1) is 11.1. The molecular formula is C16H21FN2O5. The lowest BCUT2D eigenvalue weighted by Crippen LogP contribution is -2.42. The van der Waals surface area contributed by atoms with E-state index in [2.05, 4.69) is 0 Å². The molecule has 1 unspecified atom stereocenters. The summed E-state index contributed by atoms with van der Waals surface area (Å²) in [5.74, 6) is -2.07. The third kappa shape index (κ3) is 3.74. The van der Waals surface area contributed by atoms with Crippen LogP contribution in [0.5, 0.6) is 5.75 Å². The molecule has 0 saturated carbocycles. The number of ether oxygens (including phenoxy) is 1. The average Bonchev–Trinajstić information content (AvgIpc) is 2.48. The number of halogens is 1. The van der Waals surface area contributed by atoms with Gasteiger partial charge in [-0.1, -0.05) is 0 Å². The Morgan fingerprint density at radius 1 is 1.42 bits per heavy atom. The highest BCUT2D eigenvalue weighted by atomic mass is 19.1. The quantitative estimate of drug-likeness (QED) is 0.651. The molecule has 1 N–H and O–H groups in total. The summed E-state index contributed by atoms with van der Waals surface area (Å²) in [5.41, 5.74) is -1.32. The summed E-state index contributed by atoms with van der Waals surface area (Å²) in [4.78, 5) is 23.7. The summed E-state index contributed by atoms with van der Waals surface area (Å²) in [6.07, 6.45) is 1.47. The SMILES string of the molecule is CC(C)(C)OC(=O)N1CCCCC1c1ccc([N+](=O)[O-])c(O)c1F. The third-order valence-corrected chi connectivity index (χ3v) is 3.81. The van der Waals surface area contributed by atoms with Crippen molar-refractivity contribution >= 4 is 11.8 Å². The molecule has 1 heterocycles. The largest absolute Gasteiger partial charge is 0.500 e. The molecule has 0 spiro atoms. The molecule has 2 rings (SSSR count). The number of hydrogen-bond donors (Lipinski definition) is 1. The number of nitro groups is 1. The summed E-state index contributed by atoms with van der Waals surface area (Å²) in [5, 5.41) is 20.5. The fourth-order valence-electron chi connectivity index (χ4n) is 2.77. The first-order valence-corrected chi connectivity index (χ1v) is 7.77. The molecule has 0 bridgehead atoms. The van der Waals surface area contributed by atoms with E-state index in [1.165, 1.54) is 11.0 Å². The Morgan fingerprint density at radius 2 is 2.08 bits per heavy atom. The second kappa shape index (κ2) is 6.62. The van der Waals surface area contributed by atoms with Gasteiger partial charge < -0.3 is 14.7 Å². The van der Waals surface area contributed by atoms with Crippen LogP contribution in [0.1, 0.15) is 51.6 Å². The Labute approximate surface area is 139 Å². The van der Waals surface area contributed by atoms with Crippen molar-refractivity contribution in [2.75, 3.05) is 6.54 Å². The van der Waals surface area contributed by atoms with E-state index >= 15 is 0 Å². The number of phenols is 1. The molecule has 1 aliphatic rings. The van der Waals surface area contributed by atoms with Crippen LogP contribution in [0.4, 0.5) is 14.9 Å². The maximum absolute atomic E-state index is 14.4. The predicted molar refractivity (Wildman–Crippen MR) is 84.3 cm³/mol. The molecule has 8 heteroatoms. The number of phenolic OH excluding ortho intramolecular Hbond substituents is 1. The number of piperidine rings is 1. The fourth-order valence-corrected chi connectivity index (χ4v) is 2.77. The van der Waals surface area contributed by atoms with Gasteiger partial charge in [-0.05, 0) is 46.1 Å². The summed E-state index contributed by atoms with van der Waals surface area (Å²) >= 11 is 0. The number of rotatable bonds is 2. The van der Waals surface area contributed by atoms with Gasteiger partial charge in [-0.15, -0.1) is 0 Å². The number of hydrogen-bond acceptors (Lipinski definition) is 5. The first kappa shape index (κ1) is 18.0. The number of aromatic hydroxyl groups is 1. The first-order valence-electron chi connectivity index (χ1n) is 7.77. The van der Waals surface area contributed by atoms with Gasteiger partial charge in [0.05, 0.1) is 11.0 Å². The Balaban J connectivity index is 2.36. The Bertz CT molecular complexity index is 657. The van der Waals surface area contributed by atoms with E-state index in [9.17, 15) is 24.4 Å². The summed E-state index contributed by atoms with van der Waals surface area (Å²) < 4.78 is 19.8. The minimum absolute atomic E-state index is 0.0589. The zero-order valence-electron chi connectivity index (χ0n) is 13.9. The van der Waals surface area contributed by atoms with Crippen molar-refractivity contribution in [1.82, 2.24) is 4.90 Å². The lowest BCUT2D eigenvalue weighted by Gasteiger charge is -2.37. The van der Waals surface area contributed by atoms with Crippen LogP contribution in [0.15, 0.2) is 12.1 Å². The van der Waals surface area contributed by atoms with Gasteiger partial charge in [-0.2, -0.15) is 0 Å². The second-order valence-corrected chi connectivity index (χ2v) is 6.78. The van der Waals surface area contributed by atoms with Gasteiger partial charge in [0.1, 0.15) is 5.60 Å². The molecule has 7 nitrogen and oxygen atoms in total. The molecule has 1 atom stereocenters. The molecule has 0 aromatic heterocycles. The van der Waals surface area contributed by atoms with E-state index in [1.807, 2.05) is 0 Å². The molecule has 0 radical (unpaired) electrons. The molecular weight excluding hydrogens is 319 g/mol. The van der Waals surface area contributed by atoms with Crippen molar-refractivity contribution < 1.29 is 24.0 Å². The number of benzene rings is 1. The van der Waals surface area contributed by atoms with Crippen molar-refractivity contribution in [3.63, 3.8) is 0 Å². The van der Waals surface area contributed by atoms with Gasteiger partial charge in [0, 0.05) is 18.2 Å². The maximum atomic E-state index is 14.4. The third-order valence-electron chi connectivity index (χ3n) is 3.81. The average molecular weight is 340 g/mol. The Hall–Kier alpha value is -2.38. The monoisotopic (exact) mass is 340 g/mol. The Morgan fingerprint density at radius 3 is 2.67 bits per heavy atom. The van der Waals surface area contributed by atoms with Crippen LogP contribution < -0.4 is 0 Å². The van der Waals surface area contributed by atoms with Gasteiger partial charge in [0.15, 0.2) is 5.82 Å². The summed E-state index contributed by atoms with van der Waals surface area (Å²) in [6, 6.07) is 1.68. The van der Waals surface area contributed by atoms with E-state index in [-0.39, 0.29) is 5.56 Å². The number of likely N-dealkylation sites (tertiary alicyclic amines) is 1. The highest BCUT2D eigenvalue weighted by molar-refractivity contribution is 5.69. The van der Waals surface area contributed by atoms with E-state index in [4.69, 9.17) is 4.74 Å². The van der Waals surface area contributed by atoms with E-state index < -0.39 is 39.9 Å². The molecule has 24 heavy (non-hydrogen) atoms. The molecule has 1 aromatic carbocycles. The van der Waals surface area contributed by atoms with Crippen LogP contribution in [-0.4, -0.2) is 33.2 Å². The standard InChI is InChI=1S/C16H21FN2O5/c1-16(2,3)24-15(21)18-9-5-4-6-11(18)10-7-8-12(19(22)23)14(20)13(10)17/h7-8,11,20H,4-6,9H2,1-3H3. The molecule has 0 aliphatic carbocycles. The van der Waals surface area contributed by atoms with Gasteiger partial charge in [-0.25, -0.2) is 9.18 Å². The highest BCUT2D eigenvalue weighted by Crippen LogP contribution is 2.39. The van der Waals surface area contributed by atoms with Crippen molar-refractivity contribution in [3.05, 3.63) is 33.6 Å². The van der Waals surface area contributed by atoms with Crippen LogP contribution in [-0.2, 0) is 4.74 Å². The summed E-state index contributed by atoms with van der Waals surface area (Å²) in [6.45, 7) is 5.61. The number of nitrogens with zero attached hydrogens (tertiary/aromatic N) is 2. The highest BCUT2D eigenvalue weighted by Gasteiger charge is 2.34. The zero-order valence-corrected chi connectivity index (χ0v) is 13.9. The molecule has 1 aliphatic heterocycles. The molecule has 1 amide bonds. The van der Waals surface area contributed by atoms with Crippen LogP contribution >= 0.6 is 0 Å². The maximum Gasteiger partial charge on any atom is 0.410 e. The van der Waals surface area contributed by atoms with E-state index in [0.717, 1.165) is 18.9 Å². The molecule has 132 valence electrons. The topological polar surface area (TPSA) is 92.9 Å². The van der Waals surface area contributed by atoms with Gasteiger partial charge in [0.2, 0.25) is 5.75 Å². The molecule has 1 aromatic rings. The van der Waals surface area contributed by atoms with Crippen molar-refractivity contribution in [2.24, 2.45) is 0 Å². The van der Waals surface area contributed by atoms with Crippen LogP contribution in [0.3, 0.4) is 0 Å². The zero-order chi connectivity index (χ0) is 18.1. The van der Waals surface area contributed by atoms with Crippen LogP contribution in [0.25, 0.3) is 0 Å². The smallest absolute Gasteiger partial charge is 0.410 e. The normalized spacial score (nSPS) is 18.3. The minimum Gasteiger partial charge on any atom is -0.500 e.